The largest absolute Gasteiger partial charge is 0.508 e. The van der Waals surface area contributed by atoms with Gasteiger partial charge < -0.3 is 5.11 Å². The molecule has 4 aromatic rings. The molecule has 2 heterocycles. The highest BCUT2D eigenvalue weighted by Gasteiger charge is 2.19. The molecule has 2 aromatic carbocycles. The van der Waals surface area contributed by atoms with Crippen LogP contribution in [-0.4, -0.2) is 24.4 Å². The van der Waals surface area contributed by atoms with Gasteiger partial charge in [-0.1, -0.05) is 42.1 Å². The van der Waals surface area contributed by atoms with Crippen LogP contribution in [0.25, 0.3) is 16.7 Å². The zero-order valence-corrected chi connectivity index (χ0v) is 15.7. The molecule has 0 amide bonds. The van der Waals surface area contributed by atoms with Crippen molar-refractivity contribution in [2.45, 2.75) is 17.3 Å². The van der Waals surface area contributed by atoms with Crippen LogP contribution in [0.4, 0.5) is 0 Å². The lowest BCUT2D eigenvalue weighted by molar-refractivity contribution is 0.474. The first-order chi connectivity index (χ1) is 13.0. The molecule has 4 rings (SSSR count). The van der Waals surface area contributed by atoms with Gasteiger partial charge in [-0.05, 0) is 36.8 Å². The lowest BCUT2D eigenvalue weighted by Crippen LogP contribution is -2.22. The Morgan fingerprint density at radius 2 is 1.89 bits per heavy atom. The summed E-state index contributed by atoms with van der Waals surface area (Å²) in [5.74, 6) is 0.218. The summed E-state index contributed by atoms with van der Waals surface area (Å²) in [5.41, 5.74) is 2.12. The van der Waals surface area contributed by atoms with Crippen molar-refractivity contribution in [2.24, 2.45) is 7.05 Å². The highest BCUT2D eigenvalue weighted by molar-refractivity contribution is 7.99. The molecular weight excluding hydrogens is 360 g/mol. The maximum absolute atomic E-state index is 13.2. The number of nitrogens with zero attached hydrogens (tertiary/aromatic N) is 4. The molecule has 0 fully saturated rings. The van der Waals surface area contributed by atoms with E-state index in [1.54, 1.807) is 34.6 Å². The number of hydrogen-bond donors (Lipinski definition) is 1. The van der Waals surface area contributed by atoms with E-state index in [4.69, 9.17) is 4.98 Å². The van der Waals surface area contributed by atoms with Gasteiger partial charge in [-0.3, -0.25) is 14.0 Å². The van der Waals surface area contributed by atoms with Crippen LogP contribution in [0, 0.1) is 0 Å². The predicted octanol–water partition coefficient (Wildman–Crippen LogP) is 3.68. The summed E-state index contributed by atoms with van der Waals surface area (Å²) >= 11 is 1.47. The zero-order valence-electron chi connectivity index (χ0n) is 14.9. The highest BCUT2D eigenvalue weighted by Crippen LogP contribution is 2.35. The quantitative estimate of drug-likeness (QED) is 0.433. The van der Waals surface area contributed by atoms with Crippen LogP contribution in [0.5, 0.6) is 5.75 Å². The number of thioether (sulfide) groups is 1. The lowest BCUT2D eigenvalue weighted by Gasteiger charge is -2.16. The third kappa shape index (κ3) is 3.21. The van der Waals surface area contributed by atoms with E-state index in [1.807, 2.05) is 49.4 Å². The van der Waals surface area contributed by atoms with E-state index in [1.165, 1.54) is 11.8 Å². The van der Waals surface area contributed by atoms with Gasteiger partial charge in [0.1, 0.15) is 11.1 Å². The fourth-order valence-electron chi connectivity index (χ4n) is 2.95. The molecule has 1 atom stereocenters. The molecule has 0 radical (unpaired) electrons. The molecule has 0 saturated carbocycles. The lowest BCUT2D eigenvalue weighted by atomic mass is 10.1. The van der Waals surface area contributed by atoms with E-state index < -0.39 is 0 Å². The monoisotopic (exact) mass is 378 g/mol. The second-order valence-electron chi connectivity index (χ2n) is 6.23. The van der Waals surface area contributed by atoms with E-state index in [9.17, 15) is 9.90 Å². The normalized spacial score (nSPS) is 12.4. The van der Waals surface area contributed by atoms with Gasteiger partial charge in [0, 0.05) is 12.3 Å². The molecule has 136 valence electrons. The Bertz CT molecular complexity index is 1170. The van der Waals surface area contributed by atoms with Gasteiger partial charge in [-0.25, -0.2) is 4.98 Å². The summed E-state index contributed by atoms with van der Waals surface area (Å²) in [6.07, 6.45) is 1.55. The van der Waals surface area contributed by atoms with Crippen molar-refractivity contribution in [3.8, 4) is 11.4 Å². The van der Waals surface area contributed by atoms with Crippen molar-refractivity contribution in [3.05, 3.63) is 76.7 Å². The van der Waals surface area contributed by atoms with E-state index in [-0.39, 0.29) is 16.6 Å². The van der Waals surface area contributed by atoms with Crippen LogP contribution in [0.3, 0.4) is 0 Å². The first-order valence-electron chi connectivity index (χ1n) is 8.50. The maximum Gasteiger partial charge on any atom is 0.269 e. The topological polar surface area (TPSA) is 72.9 Å². The van der Waals surface area contributed by atoms with E-state index in [0.29, 0.717) is 16.2 Å². The van der Waals surface area contributed by atoms with Crippen molar-refractivity contribution < 1.29 is 5.11 Å². The summed E-state index contributed by atoms with van der Waals surface area (Å²) < 4.78 is 3.23. The Hall–Kier alpha value is -3.06. The van der Waals surface area contributed by atoms with Gasteiger partial charge in [0.2, 0.25) is 0 Å². The fraction of sp³-hybridized carbons (Fsp3) is 0.150. The number of phenolic OH excluding ortho intramolecular Hbond substituents is 1. The van der Waals surface area contributed by atoms with E-state index >= 15 is 0 Å². The summed E-state index contributed by atoms with van der Waals surface area (Å²) in [7, 11) is 1.77. The van der Waals surface area contributed by atoms with Gasteiger partial charge in [0.05, 0.1) is 11.9 Å². The molecule has 0 aliphatic heterocycles. The predicted molar refractivity (Wildman–Crippen MR) is 106 cm³/mol. The average molecular weight is 378 g/mol. The molecule has 1 N–H and O–H groups in total. The highest BCUT2D eigenvalue weighted by atomic mass is 32.2. The first kappa shape index (κ1) is 17.4. The molecule has 0 aliphatic rings. The van der Waals surface area contributed by atoms with Gasteiger partial charge in [0.15, 0.2) is 10.8 Å². The van der Waals surface area contributed by atoms with Gasteiger partial charge >= 0.3 is 0 Å². The average Bonchev–Trinajstić information content (AvgIpc) is 3.04. The molecular formula is C20H18N4O2S. The van der Waals surface area contributed by atoms with Crippen LogP contribution in [-0.2, 0) is 7.05 Å². The summed E-state index contributed by atoms with van der Waals surface area (Å²) in [4.78, 5) is 17.9. The third-order valence-electron chi connectivity index (χ3n) is 4.37. The van der Waals surface area contributed by atoms with Crippen LogP contribution < -0.4 is 5.56 Å². The number of hydrogen-bond acceptors (Lipinski definition) is 5. The van der Waals surface area contributed by atoms with Gasteiger partial charge in [-0.15, -0.1) is 0 Å². The molecule has 27 heavy (non-hydrogen) atoms. The first-order valence-corrected chi connectivity index (χ1v) is 9.38. The Balaban J connectivity index is 1.88. The Labute approximate surface area is 160 Å². The molecule has 7 heteroatoms. The van der Waals surface area contributed by atoms with Gasteiger partial charge in [0.25, 0.3) is 5.56 Å². The van der Waals surface area contributed by atoms with Crippen LogP contribution in [0.1, 0.15) is 17.7 Å². The van der Waals surface area contributed by atoms with Crippen LogP contribution >= 0.6 is 11.8 Å². The molecule has 0 saturated heterocycles. The standard InChI is InChI=1S/C20H18N4O2S/c1-13(14-7-6-10-16(25)11-14)27-20-22-18-17(12-21-23(18)2)19(26)24(20)15-8-4-3-5-9-15/h3-13,25H,1-2H3. The number of rotatable bonds is 4. The number of phenols is 1. The minimum Gasteiger partial charge on any atom is -0.508 e. The zero-order chi connectivity index (χ0) is 19.0. The molecule has 2 aromatic heterocycles. The van der Waals surface area contributed by atoms with E-state index in [2.05, 4.69) is 5.10 Å². The number of aromatic hydroxyl groups is 1. The Morgan fingerprint density at radius 1 is 1.11 bits per heavy atom. The third-order valence-corrected chi connectivity index (χ3v) is 5.48. The number of aryl methyl sites for hydroxylation is 1. The summed E-state index contributed by atoms with van der Waals surface area (Å²) in [5, 5.41) is 15.0. The molecule has 0 aliphatic carbocycles. The summed E-state index contributed by atoms with van der Waals surface area (Å²) in [6.45, 7) is 2.02. The SMILES string of the molecule is CC(Sc1nc2c(cnn2C)c(=O)n1-c1ccccc1)c1cccc(O)c1. The van der Waals surface area contributed by atoms with Gasteiger partial charge in [-0.2, -0.15) is 5.10 Å². The minimum absolute atomic E-state index is 0.00959. The smallest absolute Gasteiger partial charge is 0.269 e. The van der Waals surface area contributed by atoms with Crippen LogP contribution in [0.15, 0.2) is 70.7 Å². The van der Waals surface area contributed by atoms with Crippen molar-refractivity contribution >= 4 is 22.8 Å². The number of benzene rings is 2. The van der Waals surface area contributed by atoms with Crippen LogP contribution in [0.2, 0.25) is 0 Å². The molecule has 0 spiro atoms. The minimum atomic E-state index is -0.148. The second-order valence-corrected chi connectivity index (χ2v) is 7.54. The maximum atomic E-state index is 13.2. The van der Waals surface area contributed by atoms with Crippen molar-refractivity contribution in [2.75, 3.05) is 0 Å². The molecule has 6 nitrogen and oxygen atoms in total. The van der Waals surface area contributed by atoms with Crippen molar-refractivity contribution in [3.63, 3.8) is 0 Å². The van der Waals surface area contributed by atoms with Crippen molar-refractivity contribution in [1.82, 2.24) is 19.3 Å². The fourth-order valence-corrected chi connectivity index (χ4v) is 3.98. The number of para-hydroxylation sites is 1. The number of fused-ring (bicyclic) bond motifs is 1. The second kappa shape index (κ2) is 6.92. The summed E-state index contributed by atoms with van der Waals surface area (Å²) in [6, 6.07) is 16.6. The molecule has 1 unspecified atom stereocenters. The number of aromatic nitrogens is 4. The Morgan fingerprint density at radius 3 is 2.63 bits per heavy atom. The van der Waals surface area contributed by atoms with E-state index in [0.717, 1.165) is 11.3 Å². The Kier molecular flexibility index (Phi) is 4.45. The molecule has 0 bridgehead atoms. The van der Waals surface area contributed by atoms with Crippen molar-refractivity contribution in [1.29, 1.82) is 0 Å².